The van der Waals surface area contributed by atoms with Crippen molar-refractivity contribution in [3.63, 3.8) is 0 Å². The predicted octanol–water partition coefficient (Wildman–Crippen LogP) is 5.37. The van der Waals surface area contributed by atoms with Crippen LogP contribution < -0.4 is 0 Å². The van der Waals surface area contributed by atoms with Gasteiger partial charge >= 0.3 is 0 Å². The summed E-state index contributed by atoms with van der Waals surface area (Å²) >= 11 is 0. The van der Waals surface area contributed by atoms with Crippen LogP contribution in [0.15, 0.2) is 24.3 Å². The number of hydrogen-bond acceptors (Lipinski definition) is 2. The summed E-state index contributed by atoms with van der Waals surface area (Å²) in [6.07, 6.45) is 9.78. The molecule has 2 nitrogen and oxygen atoms in total. The van der Waals surface area contributed by atoms with Gasteiger partial charge in [0.15, 0.2) is 14.1 Å². The lowest BCUT2D eigenvalue weighted by Crippen LogP contribution is -2.51. The Bertz CT molecular complexity index is 611. The Labute approximate surface area is 148 Å². The Hall–Kier alpha value is -0.673. The molecule has 0 aromatic rings. The lowest BCUT2D eigenvalue weighted by Gasteiger charge is -2.47. The Morgan fingerprint density at radius 3 is 2.46 bits per heavy atom. The molecule has 3 heteroatoms. The first-order chi connectivity index (χ1) is 10.9. The number of carbonyl (C=O) groups is 1. The van der Waals surface area contributed by atoms with Crippen molar-refractivity contribution >= 4 is 14.1 Å². The van der Waals surface area contributed by atoms with Gasteiger partial charge in [-0.1, -0.05) is 59.8 Å². The fourth-order valence-corrected chi connectivity index (χ4v) is 8.18. The van der Waals surface area contributed by atoms with Crippen molar-refractivity contribution in [1.82, 2.24) is 0 Å². The molecule has 0 aliphatic heterocycles. The number of carbonyl (C=O) groups excluding carboxylic acids is 1. The third kappa shape index (κ3) is 2.13. The van der Waals surface area contributed by atoms with Crippen molar-refractivity contribution in [2.24, 2.45) is 28.6 Å². The summed E-state index contributed by atoms with van der Waals surface area (Å²) in [7, 11) is -1.94. The number of rotatable bonds is 4. The molecule has 0 N–H and O–H groups in total. The van der Waals surface area contributed by atoms with Crippen LogP contribution in [0.2, 0.25) is 18.1 Å². The van der Waals surface area contributed by atoms with E-state index < -0.39 is 8.32 Å². The van der Waals surface area contributed by atoms with Gasteiger partial charge in [0.05, 0.1) is 6.10 Å². The van der Waals surface area contributed by atoms with Gasteiger partial charge in [-0.3, -0.25) is 4.79 Å². The second-order valence-electron chi connectivity index (χ2n) is 10.2. The molecule has 0 amide bonds. The highest BCUT2D eigenvalue weighted by molar-refractivity contribution is 6.74. The Balaban J connectivity index is 1.98. The van der Waals surface area contributed by atoms with Crippen LogP contribution in [0.4, 0.5) is 0 Å². The Morgan fingerprint density at radius 2 is 1.88 bits per heavy atom. The van der Waals surface area contributed by atoms with Crippen LogP contribution in [0.1, 0.15) is 48.0 Å². The number of allylic oxidation sites excluding steroid dienone is 4. The molecule has 24 heavy (non-hydrogen) atoms. The fourth-order valence-electron chi connectivity index (χ4n) is 5.38. The van der Waals surface area contributed by atoms with Crippen LogP contribution >= 0.6 is 0 Å². The Morgan fingerprint density at radius 1 is 1.25 bits per heavy atom. The summed E-state index contributed by atoms with van der Waals surface area (Å²) in [5, 5.41) is 0.194. The first kappa shape index (κ1) is 18.1. The largest absolute Gasteiger partial charge is 0.413 e. The summed E-state index contributed by atoms with van der Waals surface area (Å²) in [5.41, 5.74) is -0.203. The molecular formula is C21H34O2Si. The minimum atomic E-state index is -1.94. The van der Waals surface area contributed by atoms with Crippen LogP contribution in [-0.2, 0) is 9.22 Å². The minimum Gasteiger partial charge on any atom is -0.413 e. The molecule has 0 heterocycles. The third-order valence-electron chi connectivity index (χ3n) is 8.02. The lowest BCUT2D eigenvalue weighted by atomic mass is 9.71. The summed E-state index contributed by atoms with van der Waals surface area (Å²) in [4.78, 5) is 12.7. The molecule has 3 rings (SSSR count). The molecule has 3 aliphatic carbocycles. The molecule has 3 aliphatic rings. The van der Waals surface area contributed by atoms with Gasteiger partial charge in [-0.25, -0.2) is 0 Å². The van der Waals surface area contributed by atoms with E-state index in [0.29, 0.717) is 17.6 Å². The molecule has 1 saturated carbocycles. The van der Waals surface area contributed by atoms with Gasteiger partial charge in [0.1, 0.15) is 0 Å². The van der Waals surface area contributed by atoms with Gasteiger partial charge < -0.3 is 4.43 Å². The highest BCUT2D eigenvalue weighted by Crippen LogP contribution is 2.66. The van der Waals surface area contributed by atoms with Crippen molar-refractivity contribution in [1.29, 1.82) is 0 Å². The van der Waals surface area contributed by atoms with Crippen molar-refractivity contribution in [3.05, 3.63) is 24.3 Å². The average Bonchev–Trinajstić information content (AvgIpc) is 3.04. The number of ketones is 1. The Kier molecular flexibility index (Phi) is 3.90. The first-order valence-electron chi connectivity index (χ1n) is 9.46. The van der Waals surface area contributed by atoms with Crippen molar-refractivity contribution in [2.75, 3.05) is 0 Å². The summed E-state index contributed by atoms with van der Waals surface area (Å²) in [6, 6.07) is 0. The zero-order valence-electron chi connectivity index (χ0n) is 16.6. The first-order valence-corrected chi connectivity index (χ1v) is 12.4. The monoisotopic (exact) mass is 346 g/mol. The molecule has 0 radical (unpaired) electrons. The van der Waals surface area contributed by atoms with E-state index in [1.165, 1.54) is 0 Å². The smallest absolute Gasteiger partial charge is 0.192 e. The summed E-state index contributed by atoms with van der Waals surface area (Å²) in [6.45, 7) is 18.6. The molecule has 1 spiro atoms. The van der Waals surface area contributed by atoms with Gasteiger partial charge in [-0.15, -0.1) is 0 Å². The van der Waals surface area contributed by atoms with Crippen molar-refractivity contribution in [3.8, 4) is 0 Å². The van der Waals surface area contributed by atoms with Gasteiger partial charge in [0.25, 0.3) is 0 Å². The quantitative estimate of drug-likeness (QED) is 0.505. The van der Waals surface area contributed by atoms with E-state index in [1.807, 2.05) is 6.08 Å². The van der Waals surface area contributed by atoms with Gasteiger partial charge in [0.2, 0.25) is 0 Å². The molecule has 134 valence electrons. The van der Waals surface area contributed by atoms with E-state index in [-0.39, 0.29) is 27.9 Å². The second-order valence-corrected chi connectivity index (χ2v) is 14.7. The molecule has 0 saturated heterocycles. The molecule has 0 bridgehead atoms. The summed E-state index contributed by atoms with van der Waals surface area (Å²) in [5.74, 6) is 1.34. The molecule has 4 atom stereocenters. The fraction of sp³-hybridized carbons (Fsp3) is 0.762. The number of hydrogen-bond donors (Lipinski definition) is 0. The topological polar surface area (TPSA) is 26.3 Å². The minimum absolute atomic E-state index is 0.0470. The highest BCUT2D eigenvalue weighted by atomic mass is 28.4. The van der Waals surface area contributed by atoms with Crippen LogP contribution in [0.5, 0.6) is 0 Å². The van der Waals surface area contributed by atoms with Crippen LogP contribution in [0.3, 0.4) is 0 Å². The second kappa shape index (κ2) is 5.17. The van der Waals surface area contributed by atoms with Gasteiger partial charge in [-0.05, 0) is 36.5 Å². The molecule has 0 unspecified atom stereocenters. The van der Waals surface area contributed by atoms with Crippen molar-refractivity contribution in [2.45, 2.75) is 72.2 Å². The normalized spacial score (nSPS) is 37.4. The van der Waals surface area contributed by atoms with Gasteiger partial charge in [-0.2, -0.15) is 0 Å². The molecular weight excluding hydrogens is 312 g/mol. The molecule has 1 fully saturated rings. The zero-order chi connectivity index (χ0) is 18.1. The van der Waals surface area contributed by atoms with E-state index >= 15 is 0 Å². The predicted molar refractivity (Wildman–Crippen MR) is 102 cm³/mol. The highest BCUT2D eigenvalue weighted by Gasteiger charge is 2.68. The maximum absolute atomic E-state index is 12.7. The molecule has 0 aromatic heterocycles. The van der Waals surface area contributed by atoms with E-state index in [9.17, 15) is 4.79 Å². The van der Waals surface area contributed by atoms with Crippen LogP contribution in [0.25, 0.3) is 0 Å². The van der Waals surface area contributed by atoms with Gasteiger partial charge in [0, 0.05) is 22.7 Å². The van der Waals surface area contributed by atoms with E-state index in [0.717, 1.165) is 6.42 Å². The SMILES string of the molecule is CC(C)C(C)(C)[Si](C)(C)O[C@H]1[C@@H]2CC=C[C@@]23C=CC(=O)[C@H]3C1(C)C. The lowest BCUT2D eigenvalue weighted by molar-refractivity contribution is -0.122. The van der Waals surface area contributed by atoms with E-state index in [2.05, 4.69) is 72.9 Å². The van der Waals surface area contributed by atoms with E-state index in [1.54, 1.807) is 0 Å². The maximum atomic E-state index is 12.7. The zero-order valence-corrected chi connectivity index (χ0v) is 17.6. The van der Waals surface area contributed by atoms with Crippen molar-refractivity contribution < 1.29 is 9.22 Å². The van der Waals surface area contributed by atoms with E-state index in [4.69, 9.17) is 4.43 Å². The maximum Gasteiger partial charge on any atom is 0.192 e. The van der Waals surface area contributed by atoms with Crippen LogP contribution in [-0.4, -0.2) is 20.2 Å². The van der Waals surface area contributed by atoms with Crippen LogP contribution in [0, 0.1) is 28.6 Å². The standard InChI is InChI=1S/C21H34O2Si/c1-14(2)20(5,6)24(7,8)23-18-15-10-9-12-21(15)13-11-16(22)17(21)19(18,3)4/h9,11-15,17-18H,10H2,1-8H3/t15-,17-,18-,21+/m0/s1. The molecule has 0 aromatic carbocycles. The average molecular weight is 347 g/mol. The third-order valence-corrected chi connectivity index (χ3v) is 12.5. The summed E-state index contributed by atoms with van der Waals surface area (Å²) < 4.78 is 7.05.